The van der Waals surface area contributed by atoms with Crippen LogP contribution in [0.25, 0.3) is 0 Å². The van der Waals surface area contributed by atoms with E-state index in [1.165, 1.54) is 0 Å². The Morgan fingerprint density at radius 2 is 2.00 bits per heavy atom. The number of benzene rings is 1. The van der Waals surface area contributed by atoms with Crippen LogP contribution in [0.4, 0.5) is 11.8 Å². The maximum Gasteiger partial charge on any atom is 0.224 e. The summed E-state index contributed by atoms with van der Waals surface area (Å²) in [5, 5.41) is 6.95. The van der Waals surface area contributed by atoms with Gasteiger partial charge in [-0.15, -0.1) is 0 Å². The van der Waals surface area contributed by atoms with E-state index in [1.807, 2.05) is 37.3 Å². The minimum absolute atomic E-state index is 0.0818. The number of anilines is 2. The Balaban J connectivity index is 2.16. The number of hydrogen-bond donors (Lipinski definition) is 2. The standard InChI is InChI=1S/C13H15ClN4/c1-9(10-5-3-4-6-11(10)14)17-12-7-8-16-13(15-2)18-12/h3-9H,1-2H3,(H2,15,16,17,18). The fourth-order valence-electron chi connectivity index (χ4n) is 1.69. The molecule has 0 aliphatic heterocycles. The van der Waals surface area contributed by atoms with Crippen LogP contribution in [0.5, 0.6) is 0 Å². The third kappa shape index (κ3) is 2.90. The molecular formula is C13H15ClN4. The minimum Gasteiger partial charge on any atom is -0.363 e. The zero-order valence-corrected chi connectivity index (χ0v) is 11.1. The molecule has 0 radical (unpaired) electrons. The SMILES string of the molecule is CNc1nccc(NC(C)c2ccccc2Cl)n1. The lowest BCUT2D eigenvalue weighted by atomic mass is 10.1. The molecule has 2 aromatic rings. The van der Waals surface area contributed by atoms with Crippen molar-refractivity contribution in [2.45, 2.75) is 13.0 Å². The van der Waals surface area contributed by atoms with Gasteiger partial charge in [0.2, 0.25) is 5.95 Å². The molecule has 0 saturated heterocycles. The lowest BCUT2D eigenvalue weighted by Gasteiger charge is -2.16. The van der Waals surface area contributed by atoms with Crippen molar-refractivity contribution in [2.75, 3.05) is 17.7 Å². The summed E-state index contributed by atoms with van der Waals surface area (Å²) in [6.45, 7) is 2.04. The number of halogens is 1. The van der Waals surface area contributed by atoms with Crippen molar-refractivity contribution in [1.82, 2.24) is 9.97 Å². The Kier molecular flexibility index (Phi) is 3.99. The molecule has 0 amide bonds. The normalized spacial score (nSPS) is 11.9. The molecule has 94 valence electrons. The van der Waals surface area contributed by atoms with Crippen LogP contribution < -0.4 is 10.6 Å². The molecule has 1 heterocycles. The van der Waals surface area contributed by atoms with Crippen molar-refractivity contribution in [3.63, 3.8) is 0 Å². The van der Waals surface area contributed by atoms with E-state index in [-0.39, 0.29) is 6.04 Å². The van der Waals surface area contributed by atoms with Gasteiger partial charge in [-0.3, -0.25) is 0 Å². The maximum absolute atomic E-state index is 6.16. The van der Waals surface area contributed by atoms with Crippen LogP contribution in [0.15, 0.2) is 36.5 Å². The van der Waals surface area contributed by atoms with Crippen molar-refractivity contribution >= 4 is 23.4 Å². The number of nitrogens with zero attached hydrogens (tertiary/aromatic N) is 2. The van der Waals surface area contributed by atoms with Gasteiger partial charge in [-0.25, -0.2) is 4.98 Å². The topological polar surface area (TPSA) is 49.8 Å². The Morgan fingerprint density at radius 1 is 1.22 bits per heavy atom. The lowest BCUT2D eigenvalue weighted by Crippen LogP contribution is -2.09. The summed E-state index contributed by atoms with van der Waals surface area (Å²) in [7, 11) is 1.79. The van der Waals surface area contributed by atoms with Crippen LogP contribution in [0.2, 0.25) is 5.02 Å². The van der Waals surface area contributed by atoms with Crippen molar-refractivity contribution in [2.24, 2.45) is 0 Å². The molecule has 0 saturated carbocycles. The van der Waals surface area contributed by atoms with Crippen molar-refractivity contribution < 1.29 is 0 Å². The van der Waals surface area contributed by atoms with Gasteiger partial charge >= 0.3 is 0 Å². The van der Waals surface area contributed by atoms with Gasteiger partial charge in [0.1, 0.15) is 5.82 Å². The monoisotopic (exact) mass is 262 g/mol. The van der Waals surface area contributed by atoms with E-state index in [0.717, 1.165) is 16.4 Å². The molecule has 1 aromatic carbocycles. The van der Waals surface area contributed by atoms with Crippen LogP contribution in [-0.4, -0.2) is 17.0 Å². The van der Waals surface area contributed by atoms with Crippen molar-refractivity contribution in [3.05, 3.63) is 47.1 Å². The molecule has 0 aliphatic carbocycles. The molecule has 0 bridgehead atoms. The van der Waals surface area contributed by atoms with Crippen LogP contribution in [-0.2, 0) is 0 Å². The highest BCUT2D eigenvalue weighted by Gasteiger charge is 2.09. The Bertz CT molecular complexity index is 530. The molecule has 0 fully saturated rings. The lowest BCUT2D eigenvalue weighted by molar-refractivity contribution is 0.873. The molecule has 2 N–H and O–H groups in total. The maximum atomic E-state index is 6.16. The zero-order chi connectivity index (χ0) is 13.0. The first kappa shape index (κ1) is 12.6. The van der Waals surface area contributed by atoms with Gasteiger partial charge in [0.15, 0.2) is 0 Å². The van der Waals surface area contributed by atoms with Gasteiger partial charge in [-0.1, -0.05) is 29.8 Å². The fourth-order valence-corrected chi connectivity index (χ4v) is 1.98. The van der Waals surface area contributed by atoms with E-state index in [0.29, 0.717) is 5.95 Å². The number of rotatable bonds is 4. The van der Waals surface area contributed by atoms with Crippen molar-refractivity contribution in [3.8, 4) is 0 Å². The number of hydrogen-bond acceptors (Lipinski definition) is 4. The second-order valence-corrected chi connectivity index (χ2v) is 4.31. The molecule has 0 spiro atoms. The quantitative estimate of drug-likeness (QED) is 0.887. The first-order valence-electron chi connectivity index (χ1n) is 5.72. The van der Waals surface area contributed by atoms with Gasteiger partial charge in [0, 0.05) is 18.3 Å². The van der Waals surface area contributed by atoms with Crippen LogP contribution in [0.1, 0.15) is 18.5 Å². The summed E-state index contributed by atoms with van der Waals surface area (Å²) in [6.07, 6.45) is 1.71. The molecule has 18 heavy (non-hydrogen) atoms. The van der Waals surface area contributed by atoms with Gasteiger partial charge in [0.05, 0.1) is 6.04 Å². The van der Waals surface area contributed by atoms with E-state index in [2.05, 4.69) is 20.6 Å². The first-order chi connectivity index (χ1) is 8.70. The van der Waals surface area contributed by atoms with Crippen molar-refractivity contribution in [1.29, 1.82) is 0 Å². The Hall–Kier alpha value is -1.81. The summed E-state index contributed by atoms with van der Waals surface area (Å²) in [6, 6.07) is 9.68. The second kappa shape index (κ2) is 5.69. The second-order valence-electron chi connectivity index (χ2n) is 3.90. The summed E-state index contributed by atoms with van der Waals surface area (Å²) < 4.78 is 0. The molecule has 1 unspecified atom stereocenters. The summed E-state index contributed by atoms with van der Waals surface area (Å²) in [5.41, 5.74) is 1.05. The smallest absolute Gasteiger partial charge is 0.224 e. The van der Waals surface area contributed by atoms with E-state index < -0.39 is 0 Å². The van der Waals surface area contributed by atoms with Crippen LogP contribution in [0.3, 0.4) is 0 Å². The summed E-state index contributed by atoms with van der Waals surface area (Å²) in [5.74, 6) is 1.35. The molecule has 4 nitrogen and oxygen atoms in total. The largest absolute Gasteiger partial charge is 0.363 e. The van der Waals surface area contributed by atoms with E-state index in [4.69, 9.17) is 11.6 Å². The predicted molar refractivity (Wildman–Crippen MR) is 75.1 cm³/mol. The highest BCUT2D eigenvalue weighted by molar-refractivity contribution is 6.31. The summed E-state index contributed by atoms with van der Waals surface area (Å²) >= 11 is 6.16. The average Bonchev–Trinajstić information content (AvgIpc) is 2.39. The van der Waals surface area contributed by atoms with Gasteiger partial charge in [-0.05, 0) is 24.6 Å². The highest BCUT2D eigenvalue weighted by Crippen LogP contribution is 2.24. The van der Waals surface area contributed by atoms with Gasteiger partial charge in [0.25, 0.3) is 0 Å². The molecule has 5 heteroatoms. The van der Waals surface area contributed by atoms with E-state index >= 15 is 0 Å². The first-order valence-corrected chi connectivity index (χ1v) is 6.10. The average molecular weight is 263 g/mol. The Morgan fingerprint density at radius 3 is 2.72 bits per heavy atom. The van der Waals surface area contributed by atoms with Crippen LogP contribution in [0, 0.1) is 0 Å². The molecule has 2 rings (SSSR count). The molecule has 1 atom stereocenters. The molecule has 0 aliphatic rings. The van der Waals surface area contributed by atoms with E-state index in [9.17, 15) is 0 Å². The zero-order valence-electron chi connectivity index (χ0n) is 10.3. The van der Waals surface area contributed by atoms with E-state index in [1.54, 1.807) is 13.2 Å². The number of nitrogens with one attached hydrogen (secondary N) is 2. The number of aromatic nitrogens is 2. The minimum atomic E-state index is 0.0818. The third-order valence-electron chi connectivity index (χ3n) is 2.62. The highest BCUT2D eigenvalue weighted by atomic mass is 35.5. The Labute approximate surface area is 111 Å². The molecule has 1 aromatic heterocycles. The van der Waals surface area contributed by atoms with Gasteiger partial charge < -0.3 is 10.6 Å². The summed E-state index contributed by atoms with van der Waals surface area (Å²) in [4.78, 5) is 8.38. The fraction of sp³-hybridized carbons (Fsp3) is 0.231. The van der Waals surface area contributed by atoms with Gasteiger partial charge in [-0.2, -0.15) is 4.98 Å². The van der Waals surface area contributed by atoms with Crippen LogP contribution >= 0.6 is 11.6 Å². The third-order valence-corrected chi connectivity index (χ3v) is 2.96. The predicted octanol–water partition coefficient (Wildman–Crippen LogP) is 3.34. The molecular weight excluding hydrogens is 248 g/mol.